The van der Waals surface area contributed by atoms with Gasteiger partial charge in [-0.2, -0.15) is 0 Å². The lowest BCUT2D eigenvalue weighted by Crippen LogP contribution is -2.07. The Balaban J connectivity index is 1.92. The maximum absolute atomic E-state index is 14.0. The van der Waals surface area contributed by atoms with E-state index in [1.165, 1.54) is 24.5 Å². The first-order valence-electron chi connectivity index (χ1n) is 8.06. The maximum Gasteiger partial charge on any atom is 0.206 e. The van der Waals surface area contributed by atoms with E-state index >= 15 is 0 Å². The normalized spacial score (nSPS) is 11.5. The van der Waals surface area contributed by atoms with Crippen LogP contribution in [0.4, 0.5) is 4.39 Å². The molecule has 0 spiro atoms. The van der Waals surface area contributed by atoms with E-state index in [4.69, 9.17) is 11.6 Å². The lowest BCUT2D eigenvalue weighted by atomic mass is 10.1. The standard InChI is InChI=1S/C20H17ClFNO2S/c1-14-2-8-18(9-3-14)26(24,25)20-10-11-23-13-16(20)5-4-15-6-7-17(21)12-19(15)22/h2-3,6-13H,4-5H2,1H3. The molecule has 0 aliphatic rings. The minimum Gasteiger partial charge on any atom is -0.264 e. The average molecular weight is 390 g/mol. The van der Waals surface area contributed by atoms with E-state index in [-0.39, 0.29) is 9.79 Å². The first-order valence-corrected chi connectivity index (χ1v) is 9.92. The molecule has 2 aromatic carbocycles. The Labute approximate surface area is 157 Å². The summed E-state index contributed by atoms with van der Waals surface area (Å²) in [6, 6.07) is 12.7. The number of benzene rings is 2. The van der Waals surface area contributed by atoms with Crippen LogP contribution in [0.15, 0.2) is 70.7 Å². The summed E-state index contributed by atoms with van der Waals surface area (Å²) >= 11 is 5.77. The molecule has 134 valence electrons. The van der Waals surface area contributed by atoms with Crippen LogP contribution in [0.2, 0.25) is 5.02 Å². The molecule has 1 aromatic heterocycles. The molecule has 0 bridgehead atoms. The van der Waals surface area contributed by atoms with Crippen molar-refractivity contribution in [2.24, 2.45) is 0 Å². The van der Waals surface area contributed by atoms with Gasteiger partial charge in [-0.25, -0.2) is 12.8 Å². The van der Waals surface area contributed by atoms with Gasteiger partial charge in [-0.1, -0.05) is 35.4 Å². The molecule has 0 N–H and O–H groups in total. The zero-order valence-electron chi connectivity index (χ0n) is 14.1. The molecule has 3 rings (SSSR count). The van der Waals surface area contributed by atoms with Crippen molar-refractivity contribution in [1.82, 2.24) is 4.98 Å². The fourth-order valence-electron chi connectivity index (χ4n) is 2.70. The Kier molecular flexibility index (Phi) is 5.39. The van der Waals surface area contributed by atoms with E-state index in [2.05, 4.69) is 4.98 Å². The van der Waals surface area contributed by atoms with E-state index in [0.29, 0.717) is 29.0 Å². The number of sulfone groups is 1. The highest BCUT2D eigenvalue weighted by Gasteiger charge is 2.21. The Bertz CT molecular complexity index is 1030. The molecule has 6 heteroatoms. The summed E-state index contributed by atoms with van der Waals surface area (Å²) in [5.74, 6) is -0.399. The zero-order valence-corrected chi connectivity index (χ0v) is 15.7. The second kappa shape index (κ2) is 7.56. The minimum absolute atomic E-state index is 0.200. The Morgan fingerprint density at radius 2 is 1.69 bits per heavy atom. The van der Waals surface area contributed by atoms with Crippen LogP contribution in [-0.2, 0) is 22.7 Å². The molecule has 0 radical (unpaired) electrons. The second-order valence-corrected chi connectivity index (χ2v) is 8.39. The first-order chi connectivity index (χ1) is 12.4. The maximum atomic E-state index is 14.0. The Hall–Kier alpha value is -2.24. The summed E-state index contributed by atoms with van der Waals surface area (Å²) < 4.78 is 39.9. The van der Waals surface area contributed by atoms with Gasteiger partial charge >= 0.3 is 0 Å². The average Bonchev–Trinajstić information content (AvgIpc) is 2.61. The van der Waals surface area contributed by atoms with Crippen LogP contribution in [0, 0.1) is 12.7 Å². The number of hydrogen-bond acceptors (Lipinski definition) is 3. The van der Waals surface area contributed by atoms with Crippen LogP contribution < -0.4 is 0 Å². The van der Waals surface area contributed by atoms with Crippen LogP contribution in [0.25, 0.3) is 0 Å². The number of nitrogens with zero attached hydrogens (tertiary/aromatic N) is 1. The van der Waals surface area contributed by atoms with Gasteiger partial charge in [0.15, 0.2) is 0 Å². The SMILES string of the molecule is Cc1ccc(S(=O)(=O)c2ccncc2CCc2ccc(Cl)cc2F)cc1. The fourth-order valence-corrected chi connectivity index (χ4v) is 4.35. The topological polar surface area (TPSA) is 47.0 Å². The number of pyridine rings is 1. The molecule has 0 saturated carbocycles. The van der Waals surface area contributed by atoms with Crippen molar-refractivity contribution in [3.8, 4) is 0 Å². The quantitative estimate of drug-likeness (QED) is 0.629. The van der Waals surface area contributed by atoms with Crippen molar-refractivity contribution >= 4 is 21.4 Å². The molecule has 0 fully saturated rings. The number of aromatic nitrogens is 1. The molecule has 26 heavy (non-hydrogen) atoms. The summed E-state index contributed by atoms with van der Waals surface area (Å²) in [5.41, 5.74) is 2.02. The molecule has 3 aromatic rings. The van der Waals surface area contributed by atoms with E-state index < -0.39 is 15.7 Å². The summed E-state index contributed by atoms with van der Waals surface area (Å²) in [4.78, 5) is 4.47. The van der Waals surface area contributed by atoms with Crippen LogP contribution in [0.3, 0.4) is 0 Å². The number of rotatable bonds is 5. The van der Waals surface area contributed by atoms with Crippen molar-refractivity contribution in [3.05, 3.63) is 88.5 Å². The van der Waals surface area contributed by atoms with Crippen LogP contribution in [-0.4, -0.2) is 13.4 Å². The molecule has 0 unspecified atom stereocenters. The highest BCUT2D eigenvalue weighted by Crippen LogP contribution is 2.25. The van der Waals surface area contributed by atoms with E-state index in [1.807, 2.05) is 6.92 Å². The predicted molar refractivity (Wildman–Crippen MR) is 99.7 cm³/mol. The molecule has 0 saturated heterocycles. The lowest BCUT2D eigenvalue weighted by molar-refractivity contribution is 0.594. The van der Waals surface area contributed by atoms with Crippen LogP contribution in [0.5, 0.6) is 0 Å². The molecule has 3 nitrogen and oxygen atoms in total. The molecule has 0 amide bonds. The Morgan fingerprint density at radius 3 is 2.38 bits per heavy atom. The summed E-state index contributed by atoms with van der Waals surface area (Å²) in [6.07, 6.45) is 3.68. The summed E-state index contributed by atoms with van der Waals surface area (Å²) in [6.45, 7) is 1.90. The van der Waals surface area contributed by atoms with Crippen molar-refractivity contribution in [2.45, 2.75) is 29.6 Å². The molecule has 0 aliphatic heterocycles. The molecule has 1 heterocycles. The number of hydrogen-bond donors (Lipinski definition) is 0. The van der Waals surface area contributed by atoms with Gasteiger partial charge in [0.25, 0.3) is 0 Å². The smallest absolute Gasteiger partial charge is 0.206 e. The highest BCUT2D eigenvalue weighted by atomic mass is 35.5. The van der Waals surface area contributed by atoms with Crippen LogP contribution >= 0.6 is 11.6 Å². The second-order valence-electron chi connectivity index (χ2n) is 6.04. The van der Waals surface area contributed by atoms with Gasteiger partial charge in [0.1, 0.15) is 5.82 Å². The van der Waals surface area contributed by atoms with Gasteiger partial charge in [-0.15, -0.1) is 0 Å². The van der Waals surface area contributed by atoms with Crippen molar-refractivity contribution in [1.29, 1.82) is 0 Å². The molecular formula is C20H17ClFNO2S. The van der Waals surface area contributed by atoms with Gasteiger partial charge in [0.2, 0.25) is 9.84 Å². The van der Waals surface area contributed by atoms with Crippen molar-refractivity contribution in [3.63, 3.8) is 0 Å². The largest absolute Gasteiger partial charge is 0.264 e. The van der Waals surface area contributed by atoms with Gasteiger partial charge in [0.05, 0.1) is 9.79 Å². The van der Waals surface area contributed by atoms with Gasteiger partial charge in [-0.3, -0.25) is 4.98 Å². The fraction of sp³-hybridized carbons (Fsp3) is 0.150. The molecular weight excluding hydrogens is 373 g/mol. The zero-order chi connectivity index (χ0) is 18.7. The van der Waals surface area contributed by atoms with E-state index in [1.54, 1.807) is 36.4 Å². The third-order valence-corrected chi connectivity index (χ3v) is 6.26. The van der Waals surface area contributed by atoms with E-state index in [9.17, 15) is 12.8 Å². The predicted octanol–water partition coefficient (Wildman–Crippen LogP) is 4.80. The Morgan fingerprint density at radius 1 is 1.00 bits per heavy atom. The van der Waals surface area contributed by atoms with Crippen LogP contribution in [0.1, 0.15) is 16.7 Å². The third-order valence-electron chi connectivity index (χ3n) is 4.16. The van der Waals surface area contributed by atoms with Gasteiger partial charge < -0.3 is 0 Å². The highest BCUT2D eigenvalue weighted by molar-refractivity contribution is 7.91. The third kappa shape index (κ3) is 3.94. The molecule has 0 atom stereocenters. The van der Waals surface area contributed by atoms with Gasteiger partial charge in [0, 0.05) is 17.4 Å². The monoisotopic (exact) mass is 389 g/mol. The van der Waals surface area contributed by atoms with E-state index in [0.717, 1.165) is 5.56 Å². The summed E-state index contributed by atoms with van der Waals surface area (Å²) in [7, 11) is -3.66. The molecule has 0 aliphatic carbocycles. The van der Waals surface area contributed by atoms with Gasteiger partial charge in [-0.05, 0) is 61.2 Å². The number of halogens is 2. The first kappa shape index (κ1) is 18.5. The minimum atomic E-state index is -3.66. The van der Waals surface area contributed by atoms with Crippen molar-refractivity contribution in [2.75, 3.05) is 0 Å². The number of aryl methyl sites for hydroxylation is 3. The van der Waals surface area contributed by atoms with Crippen molar-refractivity contribution < 1.29 is 12.8 Å². The summed E-state index contributed by atoms with van der Waals surface area (Å²) in [5, 5.41) is 0.329. The lowest BCUT2D eigenvalue weighted by Gasteiger charge is -2.11.